The Bertz CT molecular complexity index is 691. The number of amides is 1. The van der Waals surface area contributed by atoms with Crippen molar-refractivity contribution < 1.29 is 19.1 Å². The van der Waals surface area contributed by atoms with E-state index in [2.05, 4.69) is 5.32 Å². The molecule has 1 heterocycles. The number of rotatable bonds is 6. The minimum atomic E-state index is -0.470. The third-order valence-corrected chi connectivity index (χ3v) is 4.38. The molecule has 1 aromatic heterocycles. The molecule has 0 aliphatic carbocycles. The van der Waals surface area contributed by atoms with Gasteiger partial charge in [-0.1, -0.05) is 6.92 Å². The van der Waals surface area contributed by atoms with E-state index < -0.39 is 5.97 Å². The predicted octanol–water partition coefficient (Wildman–Crippen LogP) is 3.42. The van der Waals surface area contributed by atoms with Crippen LogP contribution in [0, 0.1) is 6.92 Å². The molecule has 0 bridgehead atoms. The van der Waals surface area contributed by atoms with Crippen LogP contribution in [0.1, 0.15) is 27.0 Å². The molecule has 1 N–H and O–H groups in total. The fourth-order valence-electron chi connectivity index (χ4n) is 2.05. The fraction of sp³-hybridized carbons (Fsp3) is 0.294. The minimum Gasteiger partial charge on any atom is -0.497 e. The summed E-state index contributed by atoms with van der Waals surface area (Å²) in [4.78, 5) is 25.4. The summed E-state index contributed by atoms with van der Waals surface area (Å²) in [6.45, 7) is 3.69. The Morgan fingerprint density at radius 2 is 1.91 bits per heavy atom. The molecule has 0 radical (unpaired) electrons. The molecule has 2 rings (SSSR count). The lowest BCUT2D eigenvalue weighted by atomic mass is 10.2. The molecular formula is C17H19NO4S. The molecule has 0 atom stereocenters. The van der Waals surface area contributed by atoms with Crippen molar-refractivity contribution in [3.63, 3.8) is 0 Å². The Hall–Kier alpha value is -2.34. The molecule has 2 aromatic rings. The number of carbonyl (C=O) groups is 2. The first kappa shape index (κ1) is 17.0. The smallest absolute Gasteiger partial charge is 0.348 e. The van der Waals surface area contributed by atoms with Crippen LogP contribution in [0.4, 0.5) is 5.69 Å². The summed E-state index contributed by atoms with van der Waals surface area (Å²) in [7, 11) is 1.57. The Morgan fingerprint density at radius 1 is 1.22 bits per heavy atom. The van der Waals surface area contributed by atoms with Crippen LogP contribution in [-0.4, -0.2) is 25.6 Å². The van der Waals surface area contributed by atoms with Crippen molar-refractivity contribution in [1.29, 1.82) is 0 Å². The first-order valence-electron chi connectivity index (χ1n) is 7.23. The number of aryl methyl sites for hydroxylation is 2. The number of hydrogen-bond acceptors (Lipinski definition) is 5. The van der Waals surface area contributed by atoms with E-state index in [0.29, 0.717) is 16.3 Å². The number of thiophene rings is 1. The second-order valence-electron chi connectivity index (χ2n) is 4.90. The van der Waals surface area contributed by atoms with Gasteiger partial charge < -0.3 is 14.8 Å². The van der Waals surface area contributed by atoms with E-state index in [4.69, 9.17) is 9.47 Å². The second-order valence-corrected chi connectivity index (χ2v) is 6.15. The molecule has 0 unspecified atom stereocenters. The van der Waals surface area contributed by atoms with Crippen molar-refractivity contribution >= 4 is 28.9 Å². The number of methoxy groups -OCH3 is 1. The first-order chi connectivity index (χ1) is 11.0. The van der Waals surface area contributed by atoms with Crippen LogP contribution in [0.2, 0.25) is 0 Å². The largest absolute Gasteiger partial charge is 0.497 e. The van der Waals surface area contributed by atoms with Crippen LogP contribution in [0.25, 0.3) is 0 Å². The van der Waals surface area contributed by atoms with Crippen molar-refractivity contribution in [2.75, 3.05) is 19.0 Å². The van der Waals surface area contributed by atoms with Gasteiger partial charge in [0.25, 0.3) is 5.91 Å². The number of anilines is 1. The number of benzene rings is 1. The van der Waals surface area contributed by atoms with Gasteiger partial charge in [-0.2, -0.15) is 0 Å². The average molecular weight is 333 g/mol. The lowest BCUT2D eigenvalue weighted by Gasteiger charge is -2.06. The van der Waals surface area contributed by atoms with E-state index in [0.717, 1.165) is 16.9 Å². The minimum absolute atomic E-state index is 0.316. The van der Waals surface area contributed by atoms with E-state index in [1.54, 1.807) is 31.4 Å². The lowest BCUT2D eigenvalue weighted by Crippen LogP contribution is -2.20. The summed E-state index contributed by atoms with van der Waals surface area (Å²) in [6.07, 6.45) is 0.869. The van der Waals surface area contributed by atoms with Gasteiger partial charge in [-0.3, -0.25) is 4.79 Å². The summed E-state index contributed by atoms with van der Waals surface area (Å²) < 4.78 is 10.1. The zero-order valence-corrected chi connectivity index (χ0v) is 14.2. The van der Waals surface area contributed by atoms with Gasteiger partial charge in [0.1, 0.15) is 10.6 Å². The van der Waals surface area contributed by atoms with E-state index in [-0.39, 0.29) is 12.5 Å². The molecule has 0 fully saturated rings. The molecule has 0 aliphatic rings. The zero-order chi connectivity index (χ0) is 16.8. The zero-order valence-electron chi connectivity index (χ0n) is 13.3. The number of ether oxygens (including phenoxy) is 2. The third-order valence-electron chi connectivity index (χ3n) is 3.31. The Balaban J connectivity index is 1.86. The van der Waals surface area contributed by atoms with Crippen molar-refractivity contribution in [1.82, 2.24) is 0 Å². The Morgan fingerprint density at radius 3 is 2.48 bits per heavy atom. The summed E-state index contributed by atoms with van der Waals surface area (Å²) in [5, 5.41) is 2.66. The highest BCUT2D eigenvalue weighted by molar-refractivity contribution is 7.14. The van der Waals surface area contributed by atoms with Crippen LogP contribution in [0.15, 0.2) is 30.3 Å². The van der Waals surface area contributed by atoms with Gasteiger partial charge in [0.15, 0.2) is 6.61 Å². The monoisotopic (exact) mass is 333 g/mol. The van der Waals surface area contributed by atoms with E-state index in [9.17, 15) is 9.59 Å². The van der Waals surface area contributed by atoms with Gasteiger partial charge in [-0.25, -0.2) is 4.79 Å². The van der Waals surface area contributed by atoms with Gasteiger partial charge in [0.05, 0.1) is 7.11 Å². The fourth-order valence-corrected chi connectivity index (χ4v) is 3.05. The molecule has 6 heteroatoms. The van der Waals surface area contributed by atoms with E-state index in [1.165, 1.54) is 11.3 Å². The first-order valence-corrected chi connectivity index (χ1v) is 8.05. The van der Waals surface area contributed by atoms with Crippen molar-refractivity contribution in [2.24, 2.45) is 0 Å². The van der Waals surface area contributed by atoms with Crippen molar-refractivity contribution in [3.05, 3.63) is 45.6 Å². The normalized spacial score (nSPS) is 10.2. The number of esters is 1. The summed E-state index contributed by atoms with van der Waals surface area (Å²) >= 11 is 1.39. The molecule has 0 aliphatic heterocycles. The quantitative estimate of drug-likeness (QED) is 0.823. The maximum atomic E-state index is 12.0. The molecule has 0 saturated heterocycles. The molecule has 0 spiro atoms. The van der Waals surface area contributed by atoms with Gasteiger partial charge in [-0.05, 0) is 49.2 Å². The highest BCUT2D eigenvalue weighted by atomic mass is 32.1. The summed E-state index contributed by atoms with van der Waals surface area (Å²) in [6, 6.07) is 8.73. The van der Waals surface area contributed by atoms with Gasteiger partial charge >= 0.3 is 5.97 Å². The van der Waals surface area contributed by atoms with E-state index in [1.807, 2.05) is 19.9 Å². The van der Waals surface area contributed by atoms with Crippen molar-refractivity contribution in [2.45, 2.75) is 20.3 Å². The van der Waals surface area contributed by atoms with E-state index >= 15 is 0 Å². The van der Waals surface area contributed by atoms with Gasteiger partial charge in [0, 0.05) is 10.6 Å². The lowest BCUT2D eigenvalue weighted by molar-refractivity contribution is -0.119. The number of carbonyl (C=O) groups excluding carboxylic acids is 2. The molecule has 1 amide bonds. The highest BCUT2D eigenvalue weighted by Crippen LogP contribution is 2.22. The van der Waals surface area contributed by atoms with Crippen LogP contribution in [0.3, 0.4) is 0 Å². The average Bonchev–Trinajstić information content (AvgIpc) is 2.94. The maximum absolute atomic E-state index is 12.0. The molecule has 5 nitrogen and oxygen atoms in total. The molecule has 23 heavy (non-hydrogen) atoms. The van der Waals surface area contributed by atoms with Crippen molar-refractivity contribution in [3.8, 4) is 5.75 Å². The highest BCUT2D eigenvalue weighted by Gasteiger charge is 2.14. The molecule has 0 saturated carbocycles. The summed E-state index contributed by atoms with van der Waals surface area (Å²) in [5.74, 6) is -0.149. The Labute approximate surface area is 139 Å². The van der Waals surface area contributed by atoms with Crippen LogP contribution in [-0.2, 0) is 16.0 Å². The molecule has 122 valence electrons. The molecular weight excluding hydrogens is 314 g/mol. The van der Waals surface area contributed by atoms with Crippen LogP contribution >= 0.6 is 11.3 Å². The predicted molar refractivity (Wildman–Crippen MR) is 90.3 cm³/mol. The van der Waals surface area contributed by atoms with Gasteiger partial charge in [0.2, 0.25) is 0 Å². The Kier molecular flexibility index (Phi) is 5.76. The number of hydrogen-bond donors (Lipinski definition) is 1. The molecule has 1 aromatic carbocycles. The van der Waals surface area contributed by atoms with Crippen LogP contribution < -0.4 is 10.1 Å². The van der Waals surface area contributed by atoms with Gasteiger partial charge in [-0.15, -0.1) is 11.3 Å². The topological polar surface area (TPSA) is 64.6 Å². The SMILES string of the molecule is CCc1cc(C(=O)OCC(=O)Nc2ccc(OC)cc2)sc1C. The second kappa shape index (κ2) is 7.78. The third kappa shape index (κ3) is 4.56. The number of nitrogens with one attached hydrogen (secondary N) is 1. The summed E-state index contributed by atoms with van der Waals surface area (Å²) in [5.41, 5.74) is 1.75. The maximum Gasteiger partial charge on any atom is 0.348 e. The van der Waals surface area contributed by atoms with Crippen LogP contribution in [0.5, 0.6) is 5.75 Å². The standard InChI is InChI=1S/C17H19NO4S/c1-4-12-9-15(23-11(12)2)17(20)22-10-16(19)18-13-5-7-14(21-3)8-6-13/h5-9H,4,10H2,1-3H3,(H,18,19).